The Kier molecular flexibility index (Phi) is 5.35. The normalized spacial score (nSPS) is 14.4. The molecule has 0 aliphatic heterocycles. The Morgan fingerprint density at radius 1 is 1.65 bits per heavy atom. The molecular formula is C10H17N3O2S2. The summed E-state index contributed by atoms with van der Waals surface area (Å²) >= 11 is 2.92. The maximum absolute atomic E-state index is 11.5. The highest BCUT2D eigenvalue weighted by molar-refractivity contribution is 8.00. The number of carbonyl (C=O) groups excluding carboxylic acids is 1. The minimum Gasteiger partial charge on any atom is -0.465 e. The van der Waals surface area contributed by atoms with E-state index >= 15 is 0 Å². The van der Waals surface area contributed by atoms with Gasteiger partial charge in [-0.3, -0.25) is 4.79 Å². The number of ether oxygens (including phenoxy) is 1. The lowest BCUT2D eigenvalue weighted by atomic mass is 10.0. The molecule has 1 aromatic rings. The van der Waals surface area contributed by atoms with Crippen LogP contribution in [0.4, 0.5) is 0 Å². The number of carbonyl (C=O) groups is 1. The van der Waals surface area contributed by atoms with Crippen LogP contribution in [0, 0.1) is 6.92 Å². The van der Waals surface area contributed by atoms with Gasteiger partial charge in [-0.25, -0.2) is 4.98 Å². The van der Waals surface area contributed by atoms with Crippen LogP contribution in [0.1, 0.15) is 26.1 Å². The molecule has 1 heterocycles. The third kappa shape index (κ3) is 4.61. The van der Waals surface area contributed by atoms with Crippen molar-refractivity contribution < 1.29 is 9.53 Å². The lowest BCUT2D eigenvalue weighted by molar-refractivity contribution is -0.149. The molecule has 0 bridgehead atoms. The third-order valence-corrected chi connectivity index (χ3v) is 4.02. The molecule has 0 aromatic carbocycles. The summed E-state index contributed by atoms with van der Waals surface area (Å²) in [6.45, 7) is 5.67. The quantitative estimate of drug-likeness (QED) is 0.627. The summed E-state index contributed by atoms with van der Waals surface area (Å²) in [4.78, 5) is 15.8. The van der Waals surface area contributed by atoms with Gasteiger partial charge in [0.05, 0.1) is 6.61 Å². The Bertz CT molecular complexity index is 379. The van der Waals surface area contributed by atoms with Gasteiger partial charge in [0.25, 0.3) is 0 Å². The summed E-state index contributed by atoms with van der Waals surface area (Å²) in [5, 5.41) is 0. The standard InChI is InChI=1S/C10H17N3O2S2/c1-4-15-8(14)10(3,11)5-6-16-9-12-7(2)13-17-9/h4-6,11H2,1-3H3. The van der Waals surface area contributed by atoms with Gasteiger partial charge in [-0.15, -0.1) is 0 Å². The molecular weight excluding hydrogens is 258 g/mol. The number of thioether (sulfide) groups is 1. The molecule has 17 heavy (non-hydrogen) atoms. The van der Waals surface area contributed by atoms with Crippen LogP contribution in [-0.4, -0.2) is 33.2 Å². The van der Waals surface area contributed by atoms with E-state index in [1.54, 1.807) is 25.6 Å². The van der Waals surface area contributed by atoms with Crippen LogP contribution in [0.25, 0.3) is 0 Å². The zero-order valence-electron chi connectivity index (χ0n) is 10.2. The number of aryl methyl sites for hydroxylation is 1. The van der Waals surface area contributed by atoms with Crippen LogP contribution < -0.4 is 5.73 Å². The van der Waals surface area contributed by atoms with Crippen molar-refractivity contribution in [2.24, 2.45) is 5.73 Å². The van der Waals surface area contributed by atoms with E-state index in [4.69, 9.17) is 10.5 Å². The predicted octanol–water partition coefficient (Wildman–Crippen LogP) is 1.61. The maximum Gasteiger partial charge on any atom is 0.325 e. The second-order valence-corrected chi connectivity index (χ2v) is 5.94. The topological polar surface area (TPSA) is 78.1 Å². The number of hydrogen-bond donors (Lipinski definition) is 1. The Hall–Kier alpha value is -0.660. The number of nitrogens with zero attached hydrogens (tertiary/aromatic N) is 2. The van der Waals surface area contributed by atoms with Gasteiger partial charge < -0.3 is 10.5 Å². The second-order valence-electron chi connectivity index (χ2n) is 3.84. The van der Waals surface area contributed by atoms with Crippen molar-refractivity contribution in [1.29, 1.82) is 0 Å². The van der Waals surface area contributed by atoms with Crippen molar-refractivity contribution in [1.82, 2.24) is 9.36 Å². The lowest BCUT2D eigenvalue weighted by Gasteiger charge is -2.21. The molecule has 1 aromatic heterocycles. The minimum absolute atomic E-state index is 0.353. The summed E-state index contributed by atoms with van der Waals surface area (Å²) < 4.78 is 9.90. The molecule has 0 saturated heterocycles. The predicted molar refractivity (Wildman–Crippen MR) is 69.2 cm³/mol. The van der Waals surface area contributed by atoms with Crippen LogP contribution in [0.5, 0.6) is 0 Å². The molecule has 5 nitrogen and oxygen atoms in total. The second kappa shape index (κ2) is 6.32. The van der Waals surface area contributed by atoms with Crippen molar-refractivity contribution in [3.63, 3.8) is 0 Å². The summed E-state index contributed by atoms with van der Waals surface area (Å²) in [6.07, 6.45) is 0.551. The fraction of sp³-hybridized carbons (Fsp3) is 0.700. The highest BCUT2D eigenvalue weighted by Crippen LogP contribution is 2.23. The zero-order valence-corrected chi connectivity index (χ0v) is 11.9. The van der Waals surface area contributed by atoms with E-state index in [1.807, 2.05) is 6.92 Å². The van der Waals surface area contributed by atoms with E-state index in [9.17, 15) is 4.79 Å². The van der Waals surface area contributed by atoms with Crippen molar-refractivity contribution >= 4 is 29.3 Å². The molecule has 0 radical (unpaired) electrons. The summed E-state index contributed by atoms with van der Waals surface area (Å²) in [7, 11) is 0. The summed E-state index contributed by atoms with van der Waals surface area (Å²) in [5.74, 6) is 1.15. The van der Waals surface area contributed by atoms with E-state index in [0.717, 1.165) is 15.9 Å². The average Bonchev–Trinajstić information content (AvgIpc) is 2.64. The summed E-state index contributed by atoms with van der Waals surface area (Å²) in [6, 6.07) is 0. The van der Waals surface area contributed by atoms with Gasteiger partial charge in [0.15, 0.2) is 4.34 Å². The SMILES string of the molecule is CCOC(=O)C(C)(N)CCSc1nc(C)ns1. The maximum atomic E-state index is 11.5. The first-order valence-electron chi connectivity index (χ1n) is 5.35. The molecule has 96 valence electrons. The number of rotatable bonds is 6. The van der Waals surface area contributed by atoms with Crippen LogP contribution >= 0.6 is 23.3 Å². The largest absolute Gasteiger partial charge is 0.465 e. The van der Waals surface area contributed by atoms with E-state index in [1.165, 1.54) is 11.5 Å². The molecule has 0 amide bonds. The van der Waals surface area contributed by atoms with Crippen molar-refractivity contribution in [2.75, 3.05) is 12.4 Å². The number of hydrogen-bond acceptors (Lipinski definition) is 7. The Morgan fingerprint density at radius 3 is 2.88 bits per heavy atom. The van der Waals surface area contributed by atoms with Crippen LogP contribution in [0.2, 0.25) is 0 Å². The molecule has 2 N–H and O–H groups in total. The highest BCUT2D eigenvalue weighted by Gasteiger charge is 2.29. The number of nitrogens with two attached hydrogens (primary N) is 1. The van der Waals surface area contributed by atoms with Crippen molar-refractivity contribution in [2.45, 2.75) is 37.1 Å². The summed E-state index contributed by atoms with van der Waals surface area (Å²) in [5.41, 5.74) is 4.97. The lowest BCUT2D eigenvalue weighted by Crippen LogP contribution is -2.46. The fourth-order valence-electron chi connectivity index (χ4n) is 1.09. The first-order valence-corrected chi connectivity index (χ1v) is 7.11. The van der Waals surface area contributed by atoms with Gasteiger partial charge in [0.2, 0.25) is 0 Å². The Morgan fingerprint density at radius 2 is 2.35 bits per heavy atom. The van der Waals surface area contributed by atoms with E-state index < -0.39 is 5.54 Å². The molecule has 1 rings (SSSR count). The Balaban J connectivity index is 2.37. The smallest absolute Gasteiger partial charge is 0.325 e. The molecule has 1 unspecified atom stereocenters. The van der Waals surface area contributed by atoms with Gasteiger partial charge in [-0.05, 0) is 38.7 Å². The monoisotopic (exact) mass is 275 g/mol. The van der Waals surface area contributed by atoms with E-state index in [2.05, 4.69) is 9.36 Å². The molecule has 0 saturated carbocycles. The number of esters is 1. The van der Waals surface area contributed by atoms with Crippen LogP contribution in [0.3, 0.4) is 0 Å². The zero-order chi connectivity index (χ0) is 12.9. The fourth-order valence-corrected chi connectivity index (χ4v) is 2.98. The molecule has 0 fully saturated rings. The highest BCUT2D eigenvalue weighted by atomic mass is 32.2. The molecule has 0 aliphatic rings. The Labute approximate surface area is 109 Å². The van der Waals surface area contributed by atoms with Crippen LogP contribution in [-0.2, 0) is 9.53 Å². The third-order valence-electron chi connectivity index (χ3n) is 2.10. The van der Waals surface area contributed by atoms with Crippen LogP contribution in [0.15, 0.2) is 4.34 Å². The van der Waals surface area contributed by atoms with Gasteiger partial charge >= 0.3 is 5.97 Å². The molecule has 7 heteroatoms. The molecule has 1 atom stereocenters. The number of aromatic nitrogens is 2. The molecule has 0 aliphatic carbocycles. The van der Waals surface area contributed by atoms with E-state index in [0.29, 0.717) is 13.0 Å². The van der Waals surface area contributed by atoms with E-state index in [-0.39, 0.29) is 5.97 Å². The van der Waals surface area contributed by atoms with Gasteiger partial charge in [0, 0.05) is 5.75 Å². The van der Waals surface area contributed by atoms with Gasteiger partial charge in [-0.1, -0.05) is 11.8 Å². The van der Waals surface area contributed by atoms with Gasteiger partial charge in [0.1, 0.15) is 11.4 Å². The molecule has 0 spiro atoms. The first-order chi connectivity index (χ1) is 7.95. The average molecular weight is 275 g/mol. The van der Waals surface area contributed by atoms with Crippen molar-refractivity contribution in [3.8, 4) is 0 Å². The van der Waals surface area contributed by atoms with Crippen molar-refractivity contribution in [3.05, 3.63) is 5.82 Å². The van der Waals surface area contributed by atoms with Gasteiger partial charge in [-0.2, -0.15) is 4.37 Å². The minimum atomic E-state index is -0.928. The first kappa shape index (κ1) is 14.4.